The van der Waals surface area contributed by atoms with Gasteiger partial charge in [0.25, 0.3) is 5.91 Å². The zero-order valence-corrected chi connectivity index (χ0v) is 15.7. The molecule has 2 unspecified atom stereocenters. The Bertz CT molecular complexity index is 1070. The van der Waals surface area contributed by atoms with E-state index in [4.69, 9.17) is 0 Å². The van der Waals surface area contributed by atoms with Crippen molar-refractivity contribution in [2.75, 3.05) is 13.6 Å². The number of aryl methyl sites for hydroxylation is 1. The standard InChI is InChI=1S/C20H21N5O3/c1-13-10-24(12-21-13)16(14-6-4-3-5-7-14)8-15-11-23(2)20(28)18-19(27)17(26)9-22-25(15)18/h3-7,9-10,12,15-16,27H,8,11H2,1-2H3. The summed E-state index contributed by atoms with van der Waals surface area (Å²) < 4.78 is 3.53. The molecule has 0 saturated carbocycles. The van der Waals surface area contributed by atoms with Gasteiger partial charge in [-0.1, -0.05) is 30.3 Å². The van der Waals surface area contributed by atoms with Crippen LogP contribution in [0, 0.1) is 6.92 Å². The molecule has 144 valence electrons. The van der Waals surface area contributed by atoms with E-state index in [-0.39, 0.29) is 17.8 Å². The third-order valence-corrected chi connectivity index (χ3v) is 5.14. The van der Waals surface area contributed by atoms with Crippen molar-refractivity contribution in [1.82, 2.24) is 24.2 Å². The van der Waals surface area contributed by atoms with Crippen molar-refractivity contribution in [3.8, 4) is 5.75 Å². The molecule has 0 bridgehead atoms. The lowest BCUT2D eigenvalue weighted by molar-refractivity contribution is 0.0684. The molecule has 0 saturated heterocycles. The number of fused-ring (bicyclic) bond motifs is 1. The summed E-state index contributed by atoms with van der Waals surface area (Å²) in [5, 5.41) is 14.3. The van der Waals surface area contributed by atoms with Crippen LogP contribution in [0.2, 0.25) is 0 Å². The fourth-order valence-electron chi connectivity index (χ4n) is 3.74. The second kappa shape index (κ2) is 6.95. The molecule has 1 aliphatic rings. The Hall–Kier alpha value is -3.42. The minimum Gasteiger partial charge on any atom is -0.502 e. The van der Waals surface area contributed by atoms with E-state index in [9.17, 15) is 14.7 Å². The third kappa shape index (κ3) is 3.06. The van der Waals surface area contributed by atoms with Crippen LogP contribution in [0.1, 0.15) is 40.3 Å². The van der Waals surface area contributed by atoms with Crippen LogP contribution in [0.4, 0.5) is 0 Å². The normalized spacial score (nSPS) is 17.4. The van der Waals surface area contributed by atoms with Gasteiger partial charge in [0.1, 0.15) is 0 Å². The largest absolute Gasteiger partial charge is 0.502 e. The number of aromatic hydroxyl groups is 1. The molecule has 1 N–H and O–H groups in total. The number of imidazole rings is 1. The minimum atomic E-state index is -0.654. The molecule has 4 rings (SSSR count). The number of hydrogen-bond acceptors (Lipinski definition) is 5. The molecule has 0 aliphatic carbocycles. The van der Waals surface area contributed by atoms with Gasteiger partial charge in [-0.3, -0.25) is 14.3 Å². The van der Waals surface area contributed by atoms with Crippen LogP contribution in [0.15, 0.2) is 53.8 Å². The van der Waals surface area contributed by atoms with E-state index < -0.39 is 17.1 Å². The number of amides is 1. The Morgan fingerprint density at radius 3 is 2.68 bits per heavy atom. The predicted octanol–water partition coefficient (Wildman–Crippen LogP) is 1.76. The maximum atomic E-state index is 12.5. The zero-order chi connectivity index (χ0) is 19.8. The summed E-state index contributed by atoms with van der Waals surface area (Å²) >= 11 is 0. The van der Waals surface area contributed by atoms with Gasteiger partial charge in [-0.15, -0.1) is 0 Å². The van der Waals surface area contributed by atoms with E-state index in [0.717, 1.165) is 17.5 Å². The molecular formula is C20H21N5O3. The second-order valence-electron chi connectivity index (χ2n) is 7.11. The maximum absolute atomic E-state index is 12.5. The summed E-state index contributed by atoms with van der Waals surface area (Å²) in [6.07, 6.45) is 5.44. The molecule has 8 nitrogen and oxygen atoms in total. The first kappa shape index (κ1) is 18.0. The Morgan fingerprint density at radius 1 is 1.25 bits per heavy atom. The molecule has 1 aromatic carbocycles. The molecule has 0 fully saturated rings. The van der Waals surface area contributed by atoms with Crippen LogP contribution in [-0.4, -0.2) is 48.8 Å². The third-order valence-electron chi connectivity index (χ3n) is 5.14. The fourth-order valence-corrected chi connectivity index (χ4v) is 3.74. The van der Waals surface area contributed by atoms with E-state index in [0.29, 0.717) is 13.0 Å². The van der Waals surface area contributed by atoms with Gasteiger partial charge in [-0.2, -0.15) is 5.10 Å². The highest BCUT2D eigenvalue weighted by Gasteiger charge is 2.34. The lowest BCUT2D eigenvalue weighted by atomic mass is 9.97. The maximum Gasteiger partial charge on any atom is 0.275 e. The van der Waals surface area contributed by atoms with Crippen molar-refractivity contribution in [2.45, 2.75) is 25.4 Å². The quantitative estimate of drug-likeness (QED) is 0.746. The minimum absolute atomic E-state index is 0.0368. The molecule has 3 heterocycles. The second-order valence-corrected chi connectivity index (χ2v) is 7.11. The number of benzene rings is 1. The molecule has 0 spiro atoms. The molecule has 0 radical (unpaired) electrons. The van der Waals surface area contributed by atoms with Crippen LogP contribution in [0.3, 0.4) is 0 Å². The van der Waals surface area contributed by atoms with Crippen molar-refractivity contribution in [3.63, 3.8) is 0 Å². The first-order valence-corrected chi connectivity index (χ1v) is 9.07. The average Bonchev–Trinajstić information content (AvgIpc) is 3.12. The average molecular weight is 379 g/mol. The number of carbonyl (C=O) groups is 1. The summed E-state index contributed by atoms with van der Waals surface area (Å²) in [7, 11) is 1.66. The van der Waals surface area contributed by atoms with Gasteiger partial charge in [-0.05, 0) is 18.9 Å². The van der Waals surface area contributed by atoms with Gasteiger partial charge < -0.3 is 14.6 Å². The highest BCUT2D eigenvalue weighted by Crippen LogP contribution is 2.32. The van der Waals surface area contributed by atoms with E-state index in [1.54, 1.807) is 13.4 Å². The van der Waals surface area contributed by atoms with Gasteiger partial charge >= 0.3 is 0 Å². The van der Waals surface area contributed by atoms with Crippen molar-refractivity contribution in [1.29, 1.82) is 0 Å². The van der Waals surface area contributed by atoms with E-state index in [1.165, 1.54) is 9.58 Å². The van der Waals surface area contributed by atoms with Gasteiger partial charge in [0.2, 0.25) is 5.43 Å². The van der Waals surface area contributed by atoms with Crippen molar-refractivity contribution in [3.05, 3.63) is 76.2 Å². The van der Waals surface area contributed by atoms with E-state index in [2.05, 4.69) is 22.2 Å². The predicted molar refractivity (Wildman–Crippen MR) is 102 cm³/mol. The zero-order valence-electron chi connectivity index (χ0n) is 15.7. The molecule has 1 amide bonds. The molecular weight excluding hydrogens is 358 g/mol. The molecule has 1 aliphatic heterocycles. The van der Waals surface area contributed by atoms with E-state index >= 15 is 0 Å². The van der Waals surface area contributed by atoms with Gasteiger partial charge in [0, 0.05) is 19.8 Å². The highest BCUT2D eigenvalue weighted by molar-refractivity contribution is 5.95. The number of rotatable bonds is 4. The lowest BCUT2D eigenvalue weighted by Crippen LogP contribution is -2.43. The number of nitrogens with zero attached hydrogens (tertiary/aromatic N) is 5. The van der Waals surface area contributed by atoms with Crippen LogP contribution in [0.5, 0.6) is 5.75 Å². The fraction of sp³-hybridized carbons (Fsp3) is 0.300. The Balaban J connectivity index is 1.78. The van der Waals surface area contributed by atoms with Gasteiger partial charge in [-0.25, -0.2) is 4.98 Å². The number of carbonyl (C=O) groups excluding carboxylic acids is 1. The first-order chi connectivity index (χ1) is 13.5. The van der Waals surface area contributed by atoms with Gasteiger partial charge in [0.05, 0.1) is 30.3 Å². The van der Waals surface area contributed by atoms with Crippen LogP contribution < -0.4 is 5.43 Å². The first-order valence-electron chi connectivity index (χ1n) is 9.07. The van der Waals surface area contributed by atoms with Gasteiger partial charge in [0.15, 0.2) is 11.4 Å². The molecule has 28 heavy (non-hydrogen) atoms. The topological polar surface area (TPSA) is 93.3 Å². The van der Waals surface area contributed by atoms with Crippen molar-refractivity contribution in [2.24, 2.45) is 0 Å². The van der Waals surface area contributed by atoms with E-state index in [1.807, 2.05) is 35.9 Å². The monoisotopic (exact) mass is 379 g/mol. The Labute approximate surface area is 161 Å². The molecule has 3 aromatic rings. The summed E-state index contributed by atoms with van der Waals surface area (Å²) in [4.78, 5) is 30.2. The summed E-state index contributed by atoms with van der Waals surface area (Å²) in [5.74, 6) is -0.958. The number of hydrogen-bond donors (Lipinski definition) is 1. The van der Waals surface area contributed by atoms with Crippen LogP contribution >= 0.6 is 0 Å². The van der Waals surface area contributed by atoms with Crippen molar-refractivity contribution >= 4 is 5.91 Å². The van der Waals surface area contributed by atoms with Crippen LogP contribution in [0.25, 0.3) is 0 Å². The van der Waals surface area contributed by atoms with Crippen LogP contribution in [-0.2, 0) is 0 Å². The highest BCUT2D eigenvalue weighted by atomic mass is 16.3. The molecule has 8 heteroatoms. The summed E-state index contributed by atoms with van der Waals surface area (Å²) in [6.45, 7) is 2.36. The lowest BCUT2D eigenvalue weighted by Gasteiger charge is -2.35. The smallest absolute Gasteiger partial charge is 0.275 e. The molecule has 2 aromatic heterocycles. The van der Waals surface area contributed by atoms with Crippen molar-refractivity contribution < 1.29 is 9.90 Å². The summed E-state index contributed by atoms with van der Waals surface area (Å²) in [6, 6.07) is 9.78. The summed E-state index contributed by atoms with van der Waals surface area (Å²) in [5.41, 5.74) is 1.31. The number of likely N-dealkylation sites (N-methyl/N-ethyl adjacent to an activating group) is 1. The molecule has 2 atom stereocenters. The Kier molecular flexibility index (Phi) is 4.46. The SMILES string of the molecule is Cc1cn(C(CC2CN(C)C(=O)c3c(O)c(=O)cnn32)c2ccccc2)cn1. The number of aromatic nitrogens is 4. The Morgan fingerprint density at radius 2 is 2.00 bits per heavy atom.